The van der Waals surface area contributed by atoms with Gasteiger partial charge in [0.25, 0.3) is 0 Å². The zero-order chi connectivity index (χ0) is 15.8. The largest absolute Gasteiger partial charge is 0.392 e. The van der Waals surface area contributed by atoms with E-state index in [0.717, 1.165) is 19.3 Å². The minimum absolute atomic E-state index is 0.0188. The fourth-order valence-electron chi connectivity index (χ4n) is 3.13. The number of benzene rings is 1. The van der Waals surface area contributed by atoms with Crippen molar-refractivity contribution >= 4 is 21.6 Å². The molecular weight excluding hydrogens is 310 g/mol. The van der Waals surface area contributed by atoms with E-state index in [1.165, 1.54) is 6.07 Å². The van der Waals surface area contributed by atoms with Crippen molar-refractivity contribution in [2.45, 2.75) is 63.6 Å². The molecule has 2 unspecified atom stereocenters. The van der Waals surface area contributed by atoms with Crippen LogP contribution in [0.4, 0.5) is 0 Å². The Balaban J connectivity index is 2.56. The normalized spacial score (nSPS) is 24.2. The van der Waals surface area contributed by atoms with Gasteiger partial charge in [-0.1, -0.05) is 18.0 Å². The van der Waals surface area contributed by atoms with Crippen LogP contribution in [0.15, 0.2) is 17.0 Å². The van der Waals surface area contributed by atoms with Crippen LogP contribution >= 0.6 is 11.6 Å². The second-order valence-corrected chi connectivity index (χ2v) is 8.06. The average molecular weight is 332 g/mol. The molecule has 0 amide bonds. The number of halogens is 1. The van der Waals surface area contributed by atoms with Crippen LogP contribution in [0, 0.1) is 6.92 Å². The maximum Gasteiger partial charge on any atom is 0.243 e. The molecule has 1 aromatic carbocycles. The highest BCUT2D eigenvalue weighted by Crippen LogP contribution is 2.33. The van der Waals surface area contributed by atoms with Crippen molar-refractivity contribution < 1.29 is 13.5 Å². The number of rotatable bonds is 3. The first kappa shape index (κ1) is 16.7. The van der Waals surface area contributed by atoms with Gasteiger partial charge >= 0.3 is 0 Å². The van der Waals surface area contributed by atoms with Crippen LogP contribution in [0.1, 0.15) is 44.2 Å². The van der Waals surface area contributed by atoms with E-state index in [2.05, 4.69) is 0 Å². The van der Waals surface area contributed by atoms with Gasteiger partial charge < -0.3 is 5.11 Å². The molecule has 1 aromatic rings. The van der Waals surface area contributed by atoms with Crippen LogP contribution in [0.2, 0.25) is 5.02 Å². The molecule has 0 radical (unpaired) electrons. The lowest BCUT2D eigenvalue weighted by atomic mass is 10.0. The topological polar surface area (TPSA) is 57.6 Å². The maximum absolute atomic E-state index is 13.0. The smallest absolute Gasteiger partial charge is 0.243 e. The van der Waals surface area contributed by atoms with Gasteiger partial charge in [-0.3, -0.25) is 0 Å². The Labute approximate surface area is 131 Å². The summed E-state index contributed by atoms with van der Waals surface area (Å²) < 4.78 is 27.7. The molecule has 21 heavy (non-hydrogen) atoms. The number of sulfonamides is 1. The summed E-state index contributed by atoms with van der Waals surface area (Å²) in [6, 6.07) is 3.06. The maximum atomic E-state index is 13.0. The first-order valence-corrected chi connectivity index (χ1v) is 9.04. The predicted molar refractivity (Wildman–Crippen MR) is 83.9 cm³/mol. The fraction of sp³-hybridized carbons (Fsp3) is 0.600. The van der Waals surface area contributed by atoms with Gasteiger partial charge in [0.2, 0.25) is 10.0 Å². The summed E-state index contributed by atoms with van der Waals surface area (Å²) in [4.78, 5) is 0.208. The van der Waals surface area contributed by atoms with E-state index in [4.69, 9.17) is 11.6 Å². The van der Waals surface area contributed by atoms with Crippen molar-refractivity contribution in [3.63, 3.8) is 0 Å². The molecule has 118 valence electrons. The number of aliphatic hydroxyl groups excluding tert-OH is 1. The summed E-state index contributed by atoms with van der Waals surface area (Å²) in [6.45, 7) is 5.38. The van der Waals surface area contributed by atoms with Gasteiger partial charge in [0, 0.05) is 17.1 Å². The molecule has 4 nitrogen and oxygen atoms in total. The third kappa shape index (κ3) is 3.11. The van der Waals surface area contributed by atoms with E-state index in [1.54, 1.807) is 17.3 Å². The Kier molecular flexibility index (Phi) is 4.98. The first-order chi connectivity index (χ1) is 9.78. The second kappa shape index (κ2) is 6.24. The Morgan fingerprint density at radius 3 is 2.38 bits per heavy atom. The van der Waals surface area contributed by atoms with E-state index in [1.807, 2.05) is 13.8 Å². The highest BCUT2D eigenvalue weighted by Gasteiger charge is 2.36. The lowest BCUT2D eigenvalue weighted by Crippen LogP contribution is -2.47. The molecule has 1 aliphatic rings. The summed E-state index contributed by atoms with van der Waals surface area (Å²) >= 11 is 6.02. The SMILES string of the molecule is Cc1c(CO)cc(Cl)cc1S(=O)(=O)N1C(C)CCCC1C. The Hall–Kier alpha value is -0.620. The molecule has 1 saturated heterocycles. The number of piperidine rings is 1. The van der Waals surface area contributed by atoms with Crippen molar-refractivity contribution in [1.29, 1.82) is 0 Å². The minimum atomic E-state index is -3.61. The zero-order valence-electron chi connectivity index (χ0n) is 12.6. The molecule has 1 fully saturated rings. The van der Waals surface area contributed by atoms with Gasteiger partial charge in [-0.15, -0.1) is 0 Å². The van der Waals surface area contributed by atoms with Crippen molar-refractivity contribution in [3.8, 4) is 0 Å². The summed E-state index contributed by atoms with van der Waals surface area (Å²) in [7, 11) is -3.61. The molecule has 0 aliphatic carbocycles. The van der Waals surface area contributed by atoms with Crippen molar-refractivity contribution in [3.05, 3.63) is 28.3 Å². The molecule has 1 N–H and O–H groups in total. The van der Waals surface area contributed by atoms with E-state index >= 15 is 0 Å². The molecule has 6 heteroatoms. The number of nitrogens with zero attached hydrogens (tertiary/aromatic N) is 1. The van der Waals surface area contributed by atoms with E-state index in [0.29, 0.717) is 16.1 Å². The molecule has 0 spiro atoms. The van der Waals surface area contributed by atoms with Crippen molar-refractivity contribution in [2.24, 2.45) is 0 Å². The minimum Gasteiger partial charge on any atom is -0.392 e. The Morgan fingerprint density at radius 1 is 1.29 bits per heavy atom. The van der Waals surface area contributed by atoms with Crippen molar-refractivity contribution in [1.82, 2.24) is 4.31 Å². The molecule has 2 rings (SSSR count). The van der Waals surface area contributed by atoms with Gasteiger partial charge in [0.15, 0.2) is 0 Å². The third-order valence-corrected chi connectivity index (χ3v) is 6.74. The summed E-state index contributed by atoms with van der Waals surface area (Å²) in [5.41, 5.74) is 1.13. The molecule has 0 bridgehead atoms. The molecule has 1 aliphatic heterocycles. The van der Waals surface area contributed by atoms with Gasteiger partial charge in [-0.2, -0.15) is 4.31 Å². The van der Waals surface area contributed by atoms with Crippen LogP contribution in [0.5, 0.6) is 0 Å². The van der Waals surface area contributed by atoms with Gasteiger partial charge in [-0.25, -0.2) is 8.42 Å². The molecule has 2 atom stereocenters. The quantitative estimate of drug-likeness (QED) is 0.926. The third-order valence-electron chi connectivity index (χ3n) is 4.27. The zero-order valence-corrected chi connectivity index (χ0v) is 14.2. The Bertz CT molecular complexity index is 620. The van der Waals surface area contributed by atoms with Crippen LogP contribution in [0.3, 0.4) is 0 Å². The van der Waals surface area contributed by atoms with Gasteiger partial charge in [0.05, 0.1) is 11.5 Å². The van der Waals surface area contributed by atoms with Crippen molar-refractivity contribution in [2.75, 3.05) is 0 Å². The standard InChI is InChI=1S/C15H22ClNO3S/c1-10-5-4-6-11(2)17(10)21(19,20)15-8-14(16)7-13(9-18)12(15)3/h7-8,10-11,18H,4-6,9H2,1-3H3. The highest BCUT2D eigenvalue weighted by atomic mass is 35.5. The van der Waals surface area contributed by atoms with Gasteiger partial charge in [-0.05, 0) is 56.9 Å². The van der Waals surface area contributed by atoms with E-state index in [9.17, 15) is 13.5 Å². The fourth-order valence-corrected chi connectivity index (χ4v) is 5.61. The Morgan fingerprint density at radius 2 is 1.86 bits per heavy atom. The molecular formula is C15H22ClNO3S. The van der Waals surface area contributed by atoms with E-state index in [-0.39, 0.29) is 23.6 Å². The lowest BCUT2D eigenvalue weighted by Gasteiger charge is -2.38. The molecule has 0 aromatic heterocycles. The predicted octanol–water partition coefficient (Wildman–Crippen LogP) is 3.09. The average Bonchev–Trinajstić information content (AvgIpc) is 2.40. The number of hydrogen-bond acceptors (Lipinski definition) is 3. The number of hydrogen-bond donors (Lipinski definition) is 1. The highest BCUT2D eigenvalue weighted by molar-refractivity contribution is 7.89. The summed E-state index contributed by atoms with van der Waals surface area (Å²) in [5, 5.41) is 9.71. The lowest BCUT2D eigenvalue weighted by molar-refractivity contribution is 0.204. The monoisotopic (exact) mass is 331 g/mol. The van der Waals surface area contributed by atoms with Crippen LogP contribution in [0.25, 0.3) is 0 Å². The second-order valence-electron chi connectivity index (χ2n) is 5.81. The molecule has 0 saturated carbocycles. The van der Waals surface area contributed by atoms with E-state index < -0.39 is 10.0 Å². The van der Waals surface area contributed by atoms with Crippen LogP contribution in [-0.4, -0.2) is 29.9 Å². The number of aliphatic hydroxyl groups is 1. The van der Waals surface area contributed by atoms with Crippen LogP contribution in [-0.2, 0) is 16.6 Å². The van der Waals surface area contributed by atoms with Gasteiger partial charge in [0.1, 0.15) is 0 Å². The van der Waals surface area contributed by atoms with Crippen LogP contribution < -0.4 is 0 Å². The summed E-state index contributed by atoms with van der Waals surface area (Å²) in [6.07, 6.45) is 2.79. The summed E-state index contributed by atoms with van der Waals surface area (Å²) in [5.74, 6) is 0. The molecule has 1 heterocycles. The first-order valence-electron chi connectivity index (χ1n) is 7.22.